The largest absolute Gasteiger partial charge is 0.503 e. The molecule has 1 aliphatic rings. The van der Waals surface area contributed by atoms with Gasteiger partial charge in [-0.1, -0.05) is 196 Å². The molecule has 3 aromatic heterocycles. The van der Waals surface area contributed by atoms with E-state index in [0.717, 1.165) is 94.9 Å². The zero-order valence-corrected chi connectivity index (χ0v) is 47.1. The van der Waals surface area contributed by atoms with Crippen LogP contribution < -0.4 is 13.9 Å². The smallest absolute Gasteiger partial charge is 0.457 e. The average molecular weight is 1040 g/mol. The van der Waals surface area contributed by atoms with Gasteiger partial charge in [-0.15, -0.1) is 0 Å². The Morgan fingerprint density at radius 2 is 0.975 bits per heavy atom. The van der Waals surface area contributed by atoms with Gasteiger partial charge < -0.3 is 9.30 Å². The second-order valence-corrected chi connectivity index (χ2v) is 24.4. The zero-order valence-electron chi connectivity index (χ0n) is 47.1. The van der Waals surface area contributed by atoms with Gasteiger partial charge in [-0.05, 0) is 125 Å². The normalized spacial score (nSPS) is 12.8. The molecule has 0 saturated heterocycles. The number of fused-ring (bicyclic) bond motifs is 6. The molecule has 0 aliphatic carbocycles. The summed E-state index contributed by atoms with van der Waals surface area (Å²) in [5, 5.41) is 2.24. The first-order valence-corrected chi connectivity index (χ1v) is 27.9. The highest BCUT2D eigenvalue weighted by atomic mass is 16.5. The summed E-state index contributed by atoms with van der Waals surface area (Å²) in [7, 11) is 0. The molecule has 1 aliphatic heterocycles. The van der Waals surface area contributed by atoms with Gasteiger partial charge >= 0.3 is 6.01 Å². The minimum atomic E-state index is -0.0862. The van der Waals surface area contributed by atoms with Crippen molar-refractivity contribution in [3.05, 3.63) is 247 Å². The molecule has 0 spiro atoms. The van der Waals surface area contributed by atoms with Crippen molar-refractivity contribution in [2.75, 3.05) is 0 Å². The molecule has 4 heterocycles. The lowest BCUT2D eigenvalue weighted by Gasteiger charge is -2.26. The maximum absolute atomic E-state index is 7.21. The third-order valence-corrected chi connectivity index (χ3v) is 15.8. The van der Waals surface area contributed by atoms with Crippen LogP contribution in [0.3, 0.4) is 0 Å². The third kappa shape index (κ3) is 8.92. The minimum absolute atomic E-state index is 0.0623. The Kier molecular flexibility index (Phi) is 12.1. The number of hydrogen-bond donors (Lipinski definition) is 0. The fourth-order valence-corrected chi connectivity index (χ4v) is 11.5. The highest BCUT2D eigenvalue weighted by Crippen LogP contribution is 2.48. The van der Waals surface area contributed by atoms with E-state index in [-0.39, 0.29) is 16.2 Å². The summed E-state index contributed by atoms with van der Waals surface area (Å²) in [6, 6.07) is 84.7. The molecule has 0 amide bonds. The van der Waals surface area contributed by atoms with E-state index in [1.807, 2.05) is 6.20 Å². The van der Waals surface area contributed by atoms with Gasteiger partial charge in [0.15, 0.2) is 0 Å². The van der Waals surface area contributed by atoms with E-state index in [2.05, 4.69) is 311 Å². The molecule has 0 N–H and O–H groups in total. The SMILES string of the molecule is CC(C)(C)c1cc(-c2cccc(-c3ccccc3)c2[N+]2=C=[N+](c3cc(Oc4ccc5c(c4)n(-c4cc(C(C)(C)C)ccn4)c4c6ccccc6n(-c6ccccc6)c54)cc(-c4ccccc4)c3)c3ccccc32)cc(C(C)(C)C)c1. The summed E-state index contributed by atoms with van der Waals surface area (Å²) in [6.07, 6.45) is 1.95. The first kappa shape index (κ1) is 50.2. The first-order chi connectivity index (χ1) is 38.6. The van der Waals surface area contributed by atoms with Crippen LogP contribution in [0.2, 0.25) is 0 Å². The lowest BCUT2D eigenvalue weighted by molar-refractivity contribution is 0.483. The van der Waals surface area contributed by atoms with E-state index in [9.17, 15) is 0 Å². The van der Waals surface area contributed by atoms with E-state index >= 15 is 0 Å². The van der Waals surface area contributed by atoms with Gasteiger partial charge in [0.25, 0.3) is 11.4 Å². The van der Waals surface area contributed by atoms with Crippen LogP contribution >= 0.6 is 0 Å². The van der Waals surface area contributed by atoms with Crippen molar-refractivity contribution in [2.24, 2.45) is 0 Å². The Balaban J connectivity index is 1.03. The van der Waals surface area contributed by atoms with E-state index in [1.165, 1.54) is 22.3 Å². The lowest BCUT2D eigenvalue weighted by atomic mass is 9.78. The van der Waals surface area contributed by atoms with Crippen molar-refractivity contribution in [3.8, 4) is 56.4 Å². The number of para-hydroxylation sites is 5. The number of benzene rings is 9. The molecule has 13 rings (SSSR count). The first-order valence-electron chi connectivity index (χ1n) is 27.9. The Hall–Kier alpha value is -9.35. The van der Waals surface area contributed by atoms with Crippen molar-refractivity contribution in [3.63, 3.8) is 0 Å². The van der Waals surface area contributed by atoms with Crippen molar-refractivity contribution >= 4 is 61.6 Å². The van der Waals surface area contributed by atoms with Crippen molar-refractivity contribution in [1.82, 2.24) is 23.3 Å². The summed E-state index contributed by atoms with van der Waals surface area (Å²) in [5.74, 6) is 2.27. The van der Waals surface area contributed by atoms with Gasteiger partial charge in [0.1, 0.15) is 17.3 Å². The van der Waals surface area contributed by atoms with E-state index < -0.39 is 0 Å². The summed E-state index contributed by atoms with van der Waals surface area (Å²) < 4.78 is 16.4. The van der Waals surface area contributed by atoms with Gasteiger partial charge in [0, 0.05) is 46.9 Å². The molecule has 0 unspecified atom stereocenters. The number of hydrogen-bond acceptors (Lipinski definition) is 2. The summed E-state index contributed by atoms with van der Waals surface area (Å²) in [5.41, 5.74) is 19.8. The quantitative estimate of drug-likeness (QED) is 0.135. The van der Waals surface area contributed by atoms with E-state index in [1.54, 1.807) is 0 Å². The second kappa shape index (κ2) is 19.2. The van der Waals surface area contributed by atoms with Crippen LogP contribution in [0.5, 0.6) is 11.5 Å². The predicted octanol–water partition coefficient (Wildman–Crippen LogP) is 19.7. The van der Waals surface area contributed by atoms with Gasteiger partial charge in [-0.2, -0.15) is 0 Å². The molecule has 9 aromatic carbocycles. The molecule has 0 radical (unpaired) electrons. The third-order valence-electron chi connectivity index (χ3n) is 15.8. The highest BCUT2D eigenvalue weighted by molar-refractivity contribution is 6.20. The fraction of sp³-hybridized carbons (Fsp3) is 0.162. The molecule has 0 atom stereocenters. The van der Waals surface area contributed by atoms with Crippen molar-refractivity contribution in [2.45, 2.75) is 78.6 Å². The lowest BCUT2D eigenvalue weighted by Crippen LogP contribution is -2.16. The Labute approximate surface area is 469 Å². The molecule has 6 nitrogen and oxygen atoms in total. The molecule has 390 valence electrons. The average Bonchev–Trinajstić information content (AvgIpc) is 4.31. The molecule has 0 fully saturated rings. The topological polar surface area (TPSA) is 38.0 Å². The van der Waals surface area contributed by atoms with Gasteiger partial charge in [0.05, 0.1) is 39.3 Å². The van der Waals surface area contributed by atoms with Crippen LogP contribution in [0.15, 0.2) is 231 Å². The number of pyridine rings is 1. The van der Waals surface area contributed by atoms with Gasteiger partial charge in [-0.25, -0.2) is 4.98 Å². The molecular formula is C74H65N5O+2. The van der Waals surface area contributed by atoms with Crippen LogP contribution in [0.4, 0.5) is 22.7 Å². The Bertz CT molecular complexity index is 4430. The van der Waals surface area contributed by atoms with Crippen LogP contribution in [0.25, 0.3) is 77.7 Å². The maximum atomic E-state index is 7.21. The van der Waals surface area contributed by atoms with E-state index in [4.69, 9.17) is 9.72 Å². The standard InChI is InChI=1S/C74H65N5O/c1-72(2,3)53-38-39-75-68(45-53)79-67-47-58(36-37-63(67)70-71(79)62-30-19-20-33-64(62)78(70)56-28-17-12-18-29-56)80-59-43-51(49-24-13-10-14-25-49)42-57(46-59)76-48-77(66-35-22-21-34-65(66)76)69-60(50-26-15-11-16-27-50)31-23-32-61(69)52-40-54(73(4,5)6)44-55(41-52)74(7,8)9/h10-47H,1-9H3/q+2. The number of ether oxygens (including phenoxy) is 1. The molecule has 80 heavy (non-hydrogen) atoms. The predicted molar refractivity (Wildman–Crippen MR) is 335 cm³/mol. The van der Waals surface area contributed by atoms with Crippen LogP contribution in [-0.4, -0.2) is 20.1 Å². The summed E-state index contributed by atoms with van der Waals surface area (Å²) >= 11 is 0. The fourth-order valence-electron chi connectivity index (χ4n) is 11.5. The zero-order chi connectivity index (χ0) is 55.1. The van der Waals surface area contributed by atoms with E-state index in [0.29, 0.717) is 11.5 Å². The summed E-state index contributed by atoms with van der Waals surface area (Å²) in [4.78, 5) is 5.11. The number of nitrogens with zero attached hydrogens (tertiary/aromatic N) is 5. The van der Waals surface area contributed by atoms with Crippen molar-refractivity contribution in [1.29, 1.82) is 0 Å². The van der Waals surface area contributed by atoms with Crippen molar-refractivity contribution < 1.29 is 4.74 Å². The number of aromatic nitrogens is 3. The Morgan fingerprint density at radius 1 is 0.400 bits per heavy atom. The highest BCUT2D eigenvalue weighted by Gasteiger charge is 2.40. The monoisotopic (exact) mass is 1040 g/mol. The van der Waals surface area contributed by atoms with Crippen LogP contribution in [0.1, 0.15) is 79.0 Å². The van der Waals surface area contributed by atoms with Gasteiger partial charge in [-0.3, -0.25) is 4.57 Å². The van der Waals surface area contributed by atoms with Crippen LogP contribution in [-0.2, 0) is 16.2 Å². The molecule has 0 bridgehead atoms. The molecule has 12 aromatic rings. The Morgan fingerprint density at radius 3 is 1.65 bits per heavy atom. The maximum Gasteiger partial charge on any atom is 0.503 e. The second-order valence-electron chi connectivity index (χ2n) is 24.4. The molecular weight excluding hydrogens is 975 g/mol. The number of rotatable bonds is 9. The van der Waals surface area contributed by atoms with Gasteiger partial charge in [0.2, 0.25) is 11.4 Å². The van der Waals surface area contributed by atoms with Crippen LogP contribution in [0, 0.1) is 0 Å². The summed E-state index contributed by atoms with van der Waals surface area (Å²) in [6.45, 7) is 20.6. The molecule has 0 saturated carbocycles. The molecule has 6 heteroatoms. The minimum Gasteiger partial charge on any atom is -0.457 e.